The van der Waals surface area contributed by atoms with Gasteiger partial charge in [-0.3, -0.25) is 0 Å². The summed E-state index contributed by atoms with van der Waals surface area (Å²) in [6.45, 7) is 2.16. The molecule has 0 aromatic heterocycles. The normalized spacial score (nSPS) is 12.8. The Morgan fingerprint density at radius 3 is 1.84 bits per heavy atom. The minimum atomic E-state index is 1.11. The van der Waals surface area contributed by atoms with Gasteiger partial charge in [0.05, 0.1) is 0 Å². The van der Waals surface area contributed by atoms with Crippen LogP contribution in [-0.4, -0.2) is 0 Å². The smallest absolute Gasteiger partial charge is 0.0181 e. The summed E-state index contributed by atoms with van der Waals surface area (Å²) < 4.78 is 2.21. The molecule has 0 atom stereocenters. The molecule has 0 unspecified atom stereocenters. The summed E-state index contributed by atoms with van der Waals surface area (Å²) in [6, 6.07) is 23.5. The van der Waals surface area contributed by atoms with E-state index in [0.717, 1.165) is 8.95 Å². The highest BCUT2D eigenvalue weighted by atomic mass is 79.9. The number of halogens is 2. The molecule has 0 saturated heterocycles. The summed E-state index contributed by atoms with van der Waals surface area (Å²) >= 11 is 7.24. The molecule has 2 heteroatoms. The molecule has 0 amide bonds. The van der Waals surface area contributed by atoms with Gasteiger partial charge in [-0.25, -0.2) is 0 Å². The molecule has 1 aliphatic carbocycles. The Morgan fingerprint density at radius 2 is 1.28 bits per heavy atom. The Labute approximate surface area is 165 Å². The van der Waals surface area contributed by atoms with Crippen LogP contribution in [0.3, 0.4) is 0 Å². The molecule has 25 heavy (non-hydrogen) atoms. The van der Waals surface area contributed by atoms with E-state index in [1.165, 1.54) is 39.0 Å². The van der Waals surface area contributed by atoms with Crippen LogP contribution in [0.4, 0.5) is 0 Å². The first-order chi connectivity index (χ1) is 12.1. The average molecular weight is 452 g/mol. The highest BCUT2D eigenvalue weighted by molar-refractivity contribution is 9.10. The molecule has 0 N–H and O–H groups in total. The molecular weight excluding hydrogens is 436 g/mol. The van der Waals surface area contributed by atoms with Crippen molar-refractivity contribution in [2.75, 3.05) is 0 Å². The maximum Gasteiger partial charge on any atom is 0.0181 e. The van der Waals surface area contributed by atoms with Crippen LogP contribution < -0.4 is 0 Å². The summed E-state index contributed by atoms with van der Waals surface area (Å²) in [5.41, 5.74) is 8.89. The van der Waals surface area contributed by atoms with Gasteiger partial charge in [0.1, 0.15) is 0 Å². The summed E-state index contributed by atoms with van der Waals surface area (Å²) in [7, 11) is 0. The van der Waals surface area contributed by atoms with Gasteiger partial charge in [-0.2, -0.15) is 0 Å². The van der Waals surface area contributed by atoms with Crippen LogP contribution in [-0.2, 0) is 0 Å². The number of benzene rings is 3. The number of fused-ring (bicyclic) bond motifs is 3. The Morgan fingerprint density at radius 1 is 0.720 bits per heavy atom. The van der Waals surface area contributed by atoms with E-state index in [4.69, 9.17) is 0 Å². The van der Waals surface area contributed by atoms with Gasteiger partial charge in [0, 0.05) is 8.95 Å². The van der Waals surface area contributed by atoms with E-state index < -0.39 is 0 Å². The summed E-state index contributed by atoms with van der Waals surface area (Å²) in [6.07, 6.45) is 4.51. The average Bonchev–Trinajstić information content (AvgIpc) is 2.88. The molecular formula is C23H16Br2. The fraction of sp³-hybridized carbons (Fsp3) is 0.0435. The van der Waals surface area contributed by atoms with Gasteiger partial charge < -0.3 is 0 Å². The Kier molecular flexibility index (Phi) is 4.49. The van der Waals surface area contributed by atoms with Gasteiger partial charge in [-0.15, -0.1) is 0 Å². The zero-order chi connectivity index (χ0) is 17.4. The molecule has 0 spiro atoms. The highest BCUT2D eigenvalue weighted by Crippen LogP contribution is 2.46. The lowest BCUT2D eigenvalue weighted by Crippen LogP contribution is -1.84. The van der Waals surface area contributed by atoms with E-state index in [2.05, 4.69) is 112 Å². The predicted molar refractivity (Wildman–Crippen MR) is 114 cm³/mol. The van der Waals surface area contributed by atoms with Crippen LogP contribution in [0, 0.1) is 0 Å². The summed E-state index contributed by atoms with van der Waals surface area (Å²) in [5.74, 6) is 0. The zero-order valence-corrected chi connectivity index (χ0v) is 16.9. The minimum absolute atomic E-state index is 1.11. The van der Waals surface area contributed by atoms with Gasteiger partial charge in [0.25, 0.3) is 0 Å². The molecule has 3 aromatic carbocycles. The van der Waals surface area contributed by atoms with Crippen LogP contribution in [0.2, 0.25) is 0 Å². The molecule has 0 radical (unpaired) electrons. The third-order valence-corrected chi connectivity index (χ3v) is 5.39. The number of hydrogen-bond acceptors (Lipinski definition) is 0. The topological polar surface area (TPSA) is 0 Å². The van der Waals surface area contributed by atoms with Gasteiger partial charge in [-0.1, -0.05) is 86.5 Å². The first kappa shape index (κ1) is 16.6. The van der Waals surface area contributed by atoms with Gasteiger partial charge in [-0.05, 0) is 70.2 Å². The van der Waals surface area contributed by atoms with E-state index >= 15 is 0 Å². The van der Waals surface area contributed by atoms with Crippen molar-refractivity contribution in [2.24, 2.45) is 0 Å². The van der Waals surface area contributed by atoms with Gasteiger partial charge in [0.15, 0.2) is 0 Å². The molecule has 122 valence electrons. The maximum atomic E-state index is 3.62. The lowest BCUT2D eigenvalue weighted by Gasteiger charge is -2.05. The van der Waals surface area contributed by atoms with Gasteiger partial charge >= 0.3 is 0 Å². The molecule has 0 fully saturated rings. The molecule has 4 rings (SSSR count). The third kappa shape index (κ3) is 3.29. The summed E-state index contributed by atoms with van der Waals surface area (Å²) in [5, 5.41) is 0. The third-order valence-electron chi connectivity index (χ3n) is 4.40. The quantitative estimate of drug-likeness (QED) is 0.292. The van der Waals surface area contributed by atoms with E-state index in [1.54, 1.807) is 0 Å². The van der Waals surface area contributed by atoms with Crippen LogP contribution in [0.15, 0.2) is 87.3 Å². The Hall–Kier alpha value is -1.90. The van der Waals surface area contributed by atoms with Crippen LogP contribution >= 0.6 is 31.9 Å². The Balaban J connectivity index is 1.88. The lowest BCUT2D eigenvalue weighted by atomic mass is 10.0. The van der Waals surface area contributed by atoms with Crippen molar-refractivity contribution < 1.29 is 0 Å². The first-order valence-corrected chi connectivity index (χ1v) is 9.76. The summed E-state index contributed by atoms with van der Waals surface area (Å²) in [4.78, 5) is 0. The van der Waals surface area contributed by atoms with Crippen molar-refractivity contribution >= 4 is 43.5 Å². The second kappa shape index (κ2) is 6.78. The Bertz CT molecular complexity index is 958. The molecule has 0 heterocycles. The largest absolute Gasteiger partial charge is 0.0622 e. The van der Waals surface area contributed by atoms with Crippen molar-refractivity contribution in [3.63, 3.8) is 0 Å². The van der Waals surface area contributed by atoms with Crippen LogP contribution in [0.25, 0.3) is 22.8 Å². The van der Waals surface area contributed by atoms with E-state index in [9.17, 15) is 0 Å². The highest BCUT2D eigenvalue weighted by Gasteiger charge is 2.23. The molecule has 0 nitrogen and oxygen atoms in total. The number of allylic oxidation sites excluding steroid dienone is 2. The van der Waals surface area contributed by atoms with Crippen molar-refractivity contribution in [1.82, 2.24) is 0 Å². The predicted octanol–water partition coefficient (Wildman–Crippen LogP) is 7.73. The SMILES string of the molecule is C/C(C=C1c2cc(Br)ccc2-c2ccc(Br)cc21)=C\c1ccccc1. The molecule has 0 bridgehead atoms. The first-order valence-electron chi connectivity index (χ1n) is 8.17. The number of rotatable bonds is 2. The zero-order valence-electron chi connectivity index (χ0n) is 13.8. The minimum Gasteiger partial charge on any atom is -0.0622 e. The van der Waals surface area contributed by atoms with Crippen molar-refractivity contribution in [1.29, 1.82) is 0 Å². The van der Waals surface area contributed by atoms with Crippen LogP contribution in [0.1, 0.15) is 23.6 Å². The van der Waals surface area contributed by atoms with Crippen molar-refractivity contribution in [3.05, 3.63) is 104 Å². The second-order valence-corrected chi connectivity index (χ2v) is 8.07. The molecule has 3 aromatic rings. The van der Waals surface area contributed by atoms with Gasteiger partial charge in [0.2, 0.25) is 0 Å². The van der Waals surface area contributed by atoms with Crippen molar-refractivity contribution in [3.8, 4) is 11.1 Å². The molecule has 1 aliphatic rings. The van der Waals surface area contributed by atoms with E-state index in [1.807, 2.05) is 6.07 Å². The monoisotopic (exact) mass is 450 g/mol. The van der Waals surface area contributed by atoms with E-state index in [-0.39, 0.29) is 0 Å². The number of hydrogen-bond donors (Lipinski definition) is 0. The van der Waals surface area contributed by atoms with E-state index in [0.29, 0.717) is 0 Å². The fourth-order valence-corrected chi connectivity index (χ4v) is 4.05. The second-order valence-electron chi connectivity index (χ2n) is 6.24. The fourth-order valence-electron chi connectivity index (χ4n) is 3.33. The molecule has 0 saturated carbocycles. The molecule has 0 aliphatic heterocycles. The lowest BCUT2D eigenvalue weighted by molar-refractivity contribution is 1.52. The standard InChI is InChI=1S/C23H16Br2/c1-15(11-16-5-3-2-4-6-16)12-21-22-13-17(24)7-9-19(22)20-10-8-18(25)14-23(20)21/h2-14H,1H3/b15-11+. The van der Waals surface area contributed by atoms with Crippen LogP contribution in [0.5, 0.6) is 0 Å². The maximum absolute atomic E-state index is 3.62. The van der Waals surface area contributed by atoms with Crippen molar-refractivity contribution in [2.45, 2.75) is 6.92 Å².